The van der Waals surface area contributed by atoms with Gasteiger partial charge in [0.25, 0.3) is 0 Å². The Balaban J connectivity index is 1.42. The van der Waals surface area contributed by atoms with Gasteiger partial charge in [0.2, 0.25) is 5.91 Å². The highest BCUT2D eigenvalue weighted by atomic mass is 16.5. The summed E-state index contributed by atoms with van der Waals surface area (Å²) in [4.78, 5) is 16.1. The molecule has 2 N–H and O–H groups in total. The van der Waals surface area contributed by atoms with Crippen LogP contribution in [0.15, 0.2) is 48.5 Å². The Bertz CT molecular complexity index is 983. The smallest absolute Gasteiger partial charge is 0.219 e. The lowest BCUT2D eigenvalue weighted by molar-refractivity contribution is -0.132. The van der Waals surface area contributed by atoms with E-state index < -0.39 is 11.2 Å². The molecule has 1 saturated carbocycles. The van der Waals surface area contributed by atoms with E-state index in [1.54, 1.807) is 11.8 Å². The first kappa shape index (κ1) is 25.7. The number of hydrogen-bond acceptors (Lipinski definition) is 5. The highest BCUT2D eigenvalue weighted by molar-refractivity contribution is 5.73. The summed E-state index contributed by atoms with van der Waals surface area (Å²) < 4.78 is 6.04. The van der Waals surface area contributed by atoms with Gasteiger partial charge in [-0.1, -0.05) is 36.4 Å². The minimum absolute atomic E-state index is 0.0567. The zero-order valence-corrected chi connectivity index (χ0v) is 21.4. The topological polar surface area (TPSA) is 73.2 Å². The van der Waals surface area contributed by atoms with E-state index in [1.165, 1.54) is 5.56 Å². The molecular formula is C29H40N2O4. The fraction of sp³-hybridized carbons (Fsp3) is 0.552. The van der Waals surface area contributed by atoms with Gasteiger partial charge in [-0.15, -0.1) is 0 Å². The van der Waals surface area contributed by atoms with Crippen molar-refractivity contribution < 1.29 is 19.7 Å². The maximum Gasteiger partial charge on any atom is 0.219 e. The second kappa shape index (κ2) is 10.7. The Hall–Kier alpha value is -2.41. The Labute approximate surface area is 209 Å². The normalized spacial score (nSPS) is 27.9. The monoisotopic (exact) mass is 480 g/mol. The van der Waals surface area contributed by atoms with E-state index in [9.17, 15) is 15.0 Å². The summed E-state index contributed by atoms with van der Waals surface area (Å²) >= 11 is 0. The Morgan fingerprint density at radius 1 is 0.971 bits per heavy atom. The minimum Gasteiger partial charge on any atom is -0.490 e. The molecule has 4 rings (SSSR count). The van der Waals surface area contributed by atoms with E-state index >= 15 is 0 Å². The molecule has 1 aliphatic heterocycles. The fourth-order valence-electron chi connectivity index (χ4n) is 5.76. The number of ether oxygens (including phenoxy) is 1. The third-order valence-electron chi connectivity index (χ3n) is 7.54. The average Bonchev–Trinajstić information content (AvgIpc) is 2.97. The highest BCUT2D eigenvalue weighted by Gasteiger charge is 2.41. The summed E-state index contributed by atoms with van der Waals surface area (Å²) in [5, 5.41) is 23.1. The molecule has 1 saturated heterocycles. The number of rotatable bonds is 6. The molecule has 1 heterocycles. The maximum atomic E-state index is 12.2. The van der Waals surface area contributed by atoms with Gasteiger partial charge in [-0.3, -0.25) is 9.69 Å². The Morgan fingerprint density at radius 2 is 1.63 bits per heavy atom. The van der Waals surface area contributed by atoms with Gasteiger partial charge in [-0.2, -0.15) is 0 Å². The minimum atomic E-state index is -1.22. The molecule has 2 aromatic rings. The van der Waals surface area contributed by atoms with Crippen LogP contribution in [0.25, 0.3) is 0 Å². The van der Waals surface area contributed by atoms with E-state index in [-0.39, 0.29) is 19.1 Å². The van der Waals surface area contributed by atoms with E-state index in [0.717, 1.165) is 42.6 Å². The van der Waals surface area contributed by atoms with Crippen LogP contribution in [0.3, 0.4) is 0 Å². The van der Waals surface area contributed by atoms with Crippen LogP contribution in [0.1, 0.15) is 55.2 Å². The number of carbonyl (C=O) groups is 1. The van der Waals surface area contributed by atoms with E-state index in [1.807, 2.05) is 32.0 Å². The number of aryl methyl sites for hydroxylation is 2. The van der Waals surface area contributed by atoms with Crippen LogP contribution in [0.2, 0.25) is 0 Å². The number of amides is 1. The molecule has 0 radical (unpaired) electrons. The molecule has 0 spiro atoms. The number of benzene rings is 2. The summed E-state index contributed by atoms with van der Waals surface area (Å²) in [6.07, 6.45) is 3.37. The molecule has 2 aromatic carbocycles. The second-order valence-corrected chi connectivity index (χ2v) is 10.9. The van der Waals surface area contributed by atoms with Crippen LogP contribution >= 0.6 is 0 Å². The van der Waals surface area contributed by atoms with Crippen molar-refractivity contribution in [1.29, 1.82) is 0 Å². The lowest BCUT2D eigenvalue weighted by Crippen LogP contribution is -2.54. The molecule has 1 atom stereocenters. The van der Waals surface area contributed by atoms with Crippen molar-refractivity contribution in [3.8, 4) is 5.75 Å². The van der Waals surface area contributed by atoms with Crippen molar-refractivity contribution in [3.05, 3.63) is 65.2 Å². The lowest BCUT2D eigenvalue weighted by Gasteiger charge is -2.40. The van der Waals surface area contributed by atoms with Crippen LogP contribution in [0, 0.1) is 13.8 Å². The number of hydrogen-bond donors (Lipinski definition) is 2. The van der Waals surface area contributed by atoms with Gasteiger partial charge in [0.05, 0.1) is 12.1 Å². The number of nitrogens with zero attached hydrogens (tertiary/aromatic N) is 2. The van der Waals surface area contributed by atoms with Gasteiger partial charge in [0, 0.05) is 33.1 Å². The molecule has 6 nitrogen and oxygen atoms in total. The molecule has 2 aliphatic rings. The predicted octanol–water partition coefficient (Wildman–Crippen LogP) is 3.67. The quantitative estimate of drug-likeness (QED) is 0.660. The van der Waals surface area contributed by atoms with Crippen molar-refractivity contribution in [2.45, 2.75) is 63.6 Å². The molecular weight excluding hydrogens is 440 g/mol. The largest absolute Gasteiger partial charge is 0.490 e. The molecule has 35 heavy (non-hydrogen) atoms. The summed E-state index contributed by atoms with van der Waals surface area (Å²) in [5.74, 6) is 1.15. The van der Waals surface area contributed by atoms with Gasteiger partial charge < -0.3 is 19.8 Å². The molecule has 0 aromatic heterocycles. The fourth-order valence-corrected chi connectivity index (χ4v) is 5.76. The van der Waals surface area contributed by atoms with Crippen molar-refractivity contribution in [2.24, 2.45) is 0 Å². The lowest BCUT2D eigenvalue weighted by atomic mass is 9.76. The molecule has 2 fully saturated rings. The molecule has 1 aliphatic carbocycles. The van der Waals surface area contributed by atoms with Crippen LogP contribution in [0.5, 0.6) is 5.75 Å². The van der Waals surface area contributed by atoms with Gasteiger partial charge in [-0.05, 0) is 74.3 Å². The summed E-state index contributed by atoms with van der Waals surface area (Å²) in [5.41, 5.74) is 1.55. The van der Waals surface area contributed by atoms with Gasteiger partial charge >= 0.3 is 0 Å². The first-order valence-electron chi connectivity index (χ1n) is 12.8. The maximum absolute atomic E-state index is 12.2. The van der Waals surface area contributed by atoms with Crippen molar-refractivity contribution in [3.63, 3.8) is 0 Å². The zero-order valence-electron chi connectivity index (χ0n) is 21.4. The molecule has 190 valence electrons. The average molecular weight is 481 g/mol. The van der Waals surface area contributed by atoms with E-state index in [2.05, 4.69) is 35.2 Å². The third kappa shape index (κ3) is 6.84. The van der Waals surface area contributed by atoms with Crippen molar-refractivity contribution in [1.82, 2.24) is 9.80 Å². The molecule has 0 bridgehead atoms. The van der Waals surface area contributed by atoms with Crippen LogP contribution < -0.4 is 4.74 Å². The predicted molar refractivity (Wildman–Crippen MR) is 138 cm³/mol. The summed E-state index contributed by atoms with van der Waals surface area (Å²) in [7, 11) is 0. The van der Waals surface area contributed by atoms with Crippen molar-refractivity contribution >= 4 is 5.91 Å². The summed E-state index contributed by atoms with van der Waals surface area (Å²) in [6, 6.07) is 16.6. The Morgan fingerprint density at radius 3 is 2.26 bits per heavy atom. The standard InChI is InChI=1S/C29H40N2O4/c1-22-15-23(2)17-27(16-22)35-21-29(34)19-30(13-14-31(20-29)24(3)32)18-28(33)11-9-26(10-12-28)25-7-5-4-6-8-25/h4-8,15-17,26,33-34H,9-14,18-21H2,1-3H3/t26?,28?,29-/m1/s1. The van der Waals surface area contributed by atoms with Crippen LogP contribution in [-0.4, -0.2) is 76.5 Å². The van der Waals surface area contributed by atoms with E-state index in [4.69, 9.17) is 4.74 Å². The second-order valence-electron chi connectivity index (χ2n) is 10.9. The molecule has 1 amide bonds. The zero-order chi connectivity index (χ0) is 25.1. The number of aliphatic hydroxyl groups is 2. The highest BCUT2D eigenvalue weighted by Crippen LogP contribution is 2.38. The number of β-amino-alcohol motifs (C(OH)–C–C–N with tert-alkyl or cyclic N) is 2. The van der Waals surface area contributed by atoms with Gasteiger partial charge in [0.1, 0.15) is 18.0 Å². The Kier molecular flexibility index (Phi) is 7.84. The first-order chi connectivity index (χ1) is 16.6. The van der Waals surface area contributed by atoms with E-state index in [0.29, 0.717) is 32.1 Å². The van der Waals surface area contributed by atoms with Crippen LogP contribution in [0.4, 0.5) is 0 Å². The number of carbonyl (C=O) groups excluding carboxylic acids is 1. The third-order valence-corrected chi connectivity index (χ3v) is 7.54. The summed E-state index contributed by atoms with van der Waals surface area (Å²) in [6.45, 7) is 7.89. The first-order valence-corrected chi connectivity index (χ1v) is 12.8. The van der Waals surface area contributed by atoms with Crippen LogP contribution in [-0.2, 0) is 4.79 Å². The SMILES string of the molecule is CC(=O)N1CCN(CC2(O)CCC(c3ccccc3)CC2)C[C@](O)(COc2cc(C)cc(C)c2)C1. The molecule has 6 heteroatoms. The van der Waals surface area contributed by atoms with Gasteiger partial charge in [-0.25, -0.2) is 0 Å². The molecule has 0 unspecified atom stereocenters. The van der Waals surface area contributed by atoms with Gasteiger partial charge in [0.15, 0.2) is 0 Å². The van der Waals surface area contributed by atoms with Crippen molar-refractivity contribution in [2.75, 3.05) is 39.3 Å².